The van der Waals surface area contributed by atoms with Gasteiger partial charge in [-0.05, 0) is 24.3 Å². The first-order valence-corrected chi connectivity index (χ1v) is 7.37. The average Bonchev–Trinajstić information content (AvgIpc) is 3.03. The minimum atomic E-state index is -4.42. The van der Waals surface area contributed by atoms with Gasteiger partial charge in [0.1, 0.15) is 17.3 Å². The second kappa shape index (κ2) is 6.40. The van der Waals surface area contributed by atoms with Gasteiger partial charge >= 0.3 is 6.18 Å². The molecule has 0 fully saturated rings. The molecule has 3 heterocycles. The molecule has 3 aromatic rings. The van der Waals surface area contributed by atoms with Gasteiger partial charge in [-0.1, -0.05) is 0 Å². The van der Waals surface area contributed by atoms with E-state index in [0.29, 0.717) is 22.4 Å². The molecule has 3 aromatic heterocycles. The number of aromatic nitrogens is 4. The first-order chi connectivity index (χ1) is 11.5. The van der Waals surface area contributed by atoms with Crippen molar-refractivity contribution in [3.8, 4) is 17.3 Å². The Morgan fingerprint density at radius 1 is 1.08 bits per heavy atom. The maximum Gasteiger partial charge on any atom is 0.417 e. The van der Waals surface area contributed by atoms with Crippen LogP contribution in [0.4, 0.5) is 24.1 Å². The lowest BCUT2D eigenvalue weighted by Crippen LogP contribution is -2.05. The van der Waals surface area contributed by atoms with Crippen molar-refractivity contribution in [3.05, 3.63) is 42.2 Å². The standard InChI is InChI=1S/C14H10F3N5OS/c1-23-9-3-4-10(18-7-9)12-21-13(24-22-12)20-11-5-2-8(6-19-11)14(15,16)17/h2-7H,1H3,(H,19,20,21,22). The zero-order valence-electron chi connectivity index (χ0n) is 12.2. The van der Waals surface area contributed by atoms with Gasteiger partial charge in [-0.2, -0.15) is 22.5 Å². The highest BCUT2D eigenvalue weighted by Gasteiger charge is 2.30. The van der Waals surface area contributed by atoms with Crippen molar-refractivity contribution in [3.63, 3.8) is 0 Å². The van der Waals surface area contributed by atoms with Crippen LogP contribution in [0, 0.1) is 0 Å². The molecule has 0 saturated carbocycles. The van der Waals surface area contributed by atoms with E-state index in [9.17, 15) is 13.2 Å². The highest BCUT2D eigenvalue weighted by atomic mass is 32.1. The summed E-state index contributed by atoms with van der Waals surface area (Å²) in [5, 5.41) is 3.21. The van der Waals surface area contributed by atoms with E-state index < -0.39 is 11.7 Å². The molecule has 0 atom stereocenters. The first-order valence-electron chi connectivity index (χ1n) is 6.60. The Hall–Kier alpha value is -2.75. The molecule has 0 bridgehead atoms. The molecule has 0 aromatic carbocycles. The summed E-state index contributed by atoms with van der Waals surface area (Å²) in [6.45, 7) is 0. The number of hydrogen-bond acceptors (Lipinski definition) is 7. The zero-order chi connectivity index (χ0) is 17.2. The van der Waals surface area contributed by atoms with Crippen molar-refractivity contribution in [1.29, 1.82) is 0 Å². The second-order valence-electron chi connectivity index (χ2n) is 4.56. The number of ether oxygens (including phenoxy) is 1. The van der Waals surface area contributed by atoms with Crippen LogP contribution in [0.15, 0.2) is 36.7 Å². The van der Waals surface area contributed by atoms with Gasteiger partial charge < -0.3 is 10.1 Å². The summed E-state index contributed by atoms with van der Waals surface area (Å²) in [6.07, 6.45) is -2.11. The van der Waals surface area contributed by atoms with Crippen LogP contribution < -0.4 is 10.1 Å². The molecule has 24 heavy (non-hydrogen) atoms. The lowest BCUT2D eigenvalue weighted by molar-refractivity contribution is -0.137. The normalized spacial score (nSPS) is 11.3. The predicted molar refractivity (Wildman–Crippen MR) is 82.2 cm³/mol. The number of halogens is 3. The molecule has 0 spiro atoms. The van der Waals surface area contributed by atoms with E-state index >= 15 is 0 Å². The van der Waals surface area contributed by atoms with Crippen LogP contribution in [0.1, 0.15) is 5.56 Å². The Morgan fingerprint density at radius 3 is 2.50 bits per heavy atom. The molecule has 0 aliphatic carbocycles. The van der Waals surface area contributed by atoms with Crippen molar-refractivity contribution < 1.29 is 17.9 Å². The summed E-state index contributed by atoms with van der Waals surface area (Å²) in [6, 6.07) is 5.62. The lowest BCUT2D eigenvalue weighted by atomic mass is 10.3. The van der Waals surface area contributed by atoms with Gasteiger partial charge in [-0.3, -0.25) is 0 Å². The highest BCUT2D eigenvalue weighted by molar-refractivity contribution is 7.09. The Morgan fingerprint density at radius 2 is 1.92 bits per heavy atom. The molecule has 124 valence electrons. The number of pyridine rings is 2. The molecular formula is C14H10F3N5OS. The van der Waals surface area contributed by atoms with Crippen LogP contribution in [-0.2, 0) is 6.18 Å². The van der Waals surface area contributed by atoms with Crippen LogP contribution in [0.2, 0.25) is 0 Å². The van der Waals surface area contributed by atoms with Crippen molar-refractivity contribution in [1.82, 2.24) is 19.3 Å². The molecule has 0 radical (unpaired) electrons. The van der Waals surface area contributed by atoms with Gasteiger partial charge in [0, 0.05) is 17.7 Å². The third kappa shape index (κ3) is 3.59. The number of methoxy groups -OCH3 is 1. The number of hydrogen-bond donors (Lipinski definition) is 1. The quantitative estimate of drug-likeness (QED) is 0.770. The number of nitrogens with zero attached hydrogens (tertiary/aromatic N) is 4. The molecule has 6 nitrogen and oxygen atoms in total. The molecule has 0 aliphatic heterocycles. The van der Waals surface area contributed by atoms with Crippen LogP contribution >= 0.6 is 11.5 Å². The fraction of sp³-hybridized carbons (Fsp3) is 0.143. The molecule has 3 rings (SSSR count). The Bertz CT molecular complexity index is 818. The van der Waals surface area contributed by atoms with Crippen LogP contribution in [0.5, 0.6) is 5.75 Å². The fourth-order valence-corrected chi connectivity index (χ4v) is 2.34. The predicted octanol–water partition coefficient (Wildman–Crippen LogP) is 3.77. The molecule has 10 heteroatoms. The van der Waals surface area contributed by atoms with Gasteiger partial charge in [0.2, 0.25) is 5.13 Å². The first kappa shape index (κ1) is 16.1. The number of anilines is 2. The van der Waals surface area contributed by atoms with Crippen molar-refractivity contribution in [2.45, 2.75) is 6.18 Å². The summed E-state index contributed by atoms with van der Waals surface area (Å²) >= 11 is 1.05. The SMILES string of the molecule is COc1ccc(-c2nsc(Nc3ccc(C(F)(F)F)cn3)n2)nc1. The Labute approximate surface area is 138 Å². The summed E-state index contributed by atoms with van der Waals surface area (Å²) in [7, 11) is 1.54. The van der Waals surface area contributed by atoms with E-state index in [1.165, 1.54) is 13.2 Å². The number of nitrogens with one attached hydrogen (secondary N) is 1. The van der Waals surface area contributed by atoms with Gasteiger partial charge in [0.15, 0.2) is 5.82 Å². The lowest BCUT2D eigenvalue weighted by Gasteiger charge is -2.06. The van der Waals surface area contributed by atoms with Gasteiger partial charge in [0.05, 0.1) is 18.9 Å². The van der Waals surface area contributed by atoms with Crippen LogP contribution in [0.25, 0.3) is 11.5 Å². The largest absolute Gasteiger partial charge is 0.495 e. The minimum absolute atomic E-state index is 0.244. The average molecular weight is 353 g/mol. The van der Waals surface area contributed by atoms with E-state index in [1.807, 2.05) is 0 Å². The number of rotatable bonds is 4. The zero-order valence-corrected chi connectivity index (χ0v) is 13.0. The molecule has 0 amide bonds. The summed E-state index contributed by atoms with van der Waals surface area (Å²) in [4.78, 5) is 12.1. The van der Waals surface area contributed by atoms with Crippen molar-refractivity contribution in [2.75, 3.05) is 12.4 Å². The highest BCUT2D eigenvalue weighted by Crippen LogP contribution is 2.29. The minimum Gasteiger partial charge on any atom is -0.495 e. The molecule has 0 saturated heterocycles. The van der Waals surface area contributed by atoms with E-state index in [0.717, 1.165) is 23.8 Å². The summed E-state index contributed by atoms with van der Waals surface area (Å²) in [5.74, 6) is 1.26. The van der Waals surface area contributed by atoms with E-state index in [-0.39, 0.29) is 5.82 Å². The van der Waals surface area contributed by atoms with Gasteiger partial charge in [-0.25, -0.2) is 9.97 Å². The van der Waals surface area contributed by atoms with Crippen LogP contribution in [0.3, 0.4) is 0 Å². The van der Waals surface area contributed by atoms with Gasteiger partial charge in [0.25, 0.3) is 0 Å². The maximum atomic E-state index is 12.5. The smallest absolute Gasteiger partial charge is 0.417 e. The Kier molecular flexibility index (Phi) is 4.30. The molecular weight excluding hydrogens is 343 g/mol. The summed E-state index contributed by atoms with van der Waals surface area (Å²) in [5.41, 5.74) is -0.256. The monoisotopic (exact) mass is 353 g/mol. The van der Waals surface area contributed by atoms with Crippen molar-refractivity contribution in [2.24, 2.45) is 0 Å². The second-order valence-corrected chi connectivity index (χ2v) is 5.31. The van der Waals surface area contributed by atoms with E-state index in [1.54, 1.807) is 18.3 Å². The maximum absolute atomic E-state index is 12.5. The topological polar surface area (TPSA) is 72.8 Å². The van der Waals surface area contributed by atoms with E-state index in [2.05, 4.69) is 24.6 Å². The number of alkyl halides is 3. The molecule has 0 aliphatic rings. The van der Waals surface area contributed by atoms with Gasteiger partial charge in [-0.15, -0.1) is 0 Å². The third-order valence-electron chi connectivity index (χ3n) is 2.95. The molecule has 1 N–H and O–H groups in total. The summed E-state index contributed by atoms with van der Waals surface area (Å²) < 4.78 is 46.7. The Balaban J connectivity index is 1.73. The molecule has 0 unspecified atom stereocenters. The van der Waals surface area contributed by atoms with Crippen molar-refractivity contribution >= 4 is 22.5 Å². The third-order valence-corrected chi connectivity index (χ3v) is 3.58. The van der Waals surface area contributed by atoms with Crippen LogP contribution in [-0.4, -0.2) is 26.4 Å². The van der Waals surface area contributed by atoms with E-state index in [4.69, 9.17) is 4.74 Å². The fourth-order valence-electron chi connectivity index (χ4n) is 1.76.